The molecule has 0 aliphatic rings. The van der Waals surface area contributed by atoms with Crippen molar-refractivity contribution in [1.29, 1.82) is 0 Å². The summed E-state index contributed by atoms with van der Waals surface area (Å²) in [6, 6.07) is 7.70. The molecule has 1 aromatic carbocycles. The molecule has 2 aromatic rings. The number of anilines is 2. The molecule has 0 radical (unpaired) electrons. The standard InChI is InChI=1S/C16H18ClN3O3/c1-10(2)9-18-16(22)19-11-5-6-13(12(17)8-11)20-15(21)14-4-3-7-23-14/h3-8,10H,9H2,1-2H3,(H,20,21)(H2,18,19,22). The van der Waals surface area contributed by atoms with Gasteiger partial charge in [0.05, 0.1) is 17.0 Å². The minimum Gasteiger partial charge on any atom is -0.459 e. The topological polar surface area (TPSA) is 83.4 Å². The quantitative estimate of drug-likeness (QED) is 0.773. The molecule has 0 fully saturated rings. The molecular formula is C16H18ClN3O3. The number of halogens is 1. The number of hydrogen-bond donors (Lipinski definition) is 3. The van der Waals surface area contributed by atoms with Gasteiger partial charge in [-0.2, -0.15) is 0 Å². The maximum Gasteiger partial charge on any atom is 0.319 e. The van der Waals surface area contributed by atoms with Gasteiger partial charge in [-0.1, -0.05) is 25.4 Å². The van der Waals surface area contributed by atoms with Gasteiger partial charge in [0.1, 0.15) is 0 Å². The van der Waals surface area contributed by atoms with Crippen molar-refractivity contribution in [1.82, 2.24) is 5.32 Å². The number of amides is 3. The third-order valence-electron chi connectivity index (χ3n) is 2.89. The van der Waals surface area contributed by atoms with Crippen molar-refractivity contribution < 1.29 is 14.0 Å². The van der Waals surface area contributed by atoms with E-state index < -0.39 is 5.91 Å². The number of nitrogens with one attached hydrogen (secondary N) is 3. The number of urea groups is 1. The molecule has 1 aromatic heterocycles. The highest BCUT2D eigenvalue weighted by Crippen LogP contribution is 2.26. The lowest BCUT2D eigenvalue weighted by molar-refractivity contribution is 0.0996. The summed E-state index contributed by atoms with van der Waals surface area (Å²) in [4.78, 5) is 23.6. The average molecular weight is 336 g/mol. The predicted molar refractivity (Wildman–Crippen MR) is 90.0 cm³/mol. The molecule has 0 atom stereocenters. The Morgan fingerprint density at radius 3 is 2.61 bits per heavy atom. The summed E-state index contributed by atoms with van der Waals surface area (Å²) in [5, 5.41) is 8.37. The van der Waals surface area contributed by atoms with Crippen LogP contribution in [0.15, 0.2) is 41.0 Å². The van der Waals surface area contributed by atoms with Crippen molar-refractivity contribution in [3.05, 3.63) is 47.4 Å². The Hall–Kier alpha value is -2.47. The lowest BCUT2D eigenvalue weighted by atomic mass is 10.2. The van der Waals surface area contributed by atoms with Crippen molar-refractivity contribution >= 4 is 34.9 Å². The van der Waals surface area contributed by atoms with Crippen LogP contribution in [-0.4, -0.2) is 18.5 Å². The second kappa shape index (κ2) is 7.69. The molecular weight excluding hydrogens is 318 g/mol. The van der Waals surface area contributed by atoms with Crippen LogP contribution < -0.4 is 16.0 Å². The number of rotatable bonds is 5. The van der Waals surface area contributed by atoms with E-state index >= 15 is 0 Å². The highest BCUT2D eigenvalue weighted by Gasteiger charge is 2.11. The van der Waals surface area contributed by atoms with Gasteiger partial charge in [0.25, 0.3) is 5.91 Å². The number of carbonyl (C=O) groups excluding carboxylic acids is 2. The first-order valence-corrected chi connectivity index (χ1v) is 7.52. The van der Waals surface area contributed by atoms with Gasteiger partial charge in [-0.15, -0.1) is 0 Å². The average Bonchev–Trinajstić information content (AvgIpc) is 3.02. The van der Waals surface area contributed by atoms with Crippen molar-refractivity contribution in [2.75, 3.05) is 17.2 Å². The summed E-state index contributed by atoms with van der Waals surface area (Å²) < 4.78 is 5.01. The van der Waals surface area contributed by atoms with E-state index in [0.29, 0.717) is 28.9 Å². The minimum atomic E-state index is -0.396. The maximum absolute atomic E-state index is 11.9. The zero-order chi connectivity index (χ0) is 16.8. The molecule has 7 heteroatoms. The van der Waals surface area contributed by atoms with Gasteiger partial charge in [0.2, 0.25) is 0 Å². The van der Waals surface area contributed by atoms with Crippen LogP contribution in [0.25, 0.3) is 0 Å². The van der Waals surface area contributed by atoms with E-state index in [2.05, 4.69) is 16.0 Å². The monoisotopic (exact) mass is 335 g/mol. The van der Waals surface area contributed by atoms with E-state index in [9.17, 15) is 9.59 Å². The Bertz CT molecular complexity index is 684. The lowest BCUT2D eigenvalue weighted by Crippen LogP contribution is -2.31. The third kappa shape index (κ3) is 5.03. The first kappa shape index (κ1) is 16.9. The molecule has 0 unspecified atom stereocenters. The SMILES string of the molecule is CC(C)CNC(=O)Nc1ccc(NC(=O)c2ccco2)c(Cl)c1. The molecule has 3 amide bonds. The molecule has 0 bridgehead atoms. The van der Waals surface area contributed by atoms with Crippen LogP contribution in [0.1, 0.15) is 24.4 Å². The molecule has 6 nitrogen and oxygen atoms in total. The molecule has 23 heavy (non-hydrogen) atoms. The van der Waals surface area contributed by atoms with Crippen LogP contribution in [0.2, 0.25) is 5.02 Å². The molecule has 0 aliphatic heterocycles. The Morgan fingerprint density at radius 2 is 2.00 bits per heavy atom. The predicted octanol–water partition coefficient (Wildman–Crippen LogP) is 3.96. The number of hydrogen-bond acceptors (Lipinski definition) is 3. The van der Waals surface area contributed by atoms with Crippen LogP contribution in [0.3, 0.4) is 0 Å². The smallest absolute Gasteiger partial charge is 0.319 e. The second-order valence-corrected chi connectivity index (χ2v) is 5.76. The first-order valence-electron chi connectivity index (χ1n) is 7.15. The van der Waals surface area contributed by atoms with Crippen molar-refractivity contribution in [3.63, 3.8) is 0 Å². The Labute approximate surface area is 139 Å². The fourth-order valence-electron chi connectivity index (χ4n) is 1.76. The molecule has 1 heterocycles. The van der Waals surface area contributed by atoms with Crippen molar-refractivity contribution in [3.8, 4) is 0 Å². The van der Waals surface area contributed by atoms with Crippen LogP contribution in [0.5, 0.6) is 0 Å². The van der Waals surface area contributed by atoms with E-state index in [-0.39, 0.29) is 11.8 Å². The normalized spacial score (nSPS) is 10.4. The minimum absolute atomic E-state index is 0.191. The highest BCUT2D eigenvalue weighted by molar-refractivity contribution is 6.34. The molecule has 0 saturated heterocycles. The molecule has 3 N–H and O–H groups in total. The van der Waals surface area contributed by atoms with E-state index in [1.54, 1.807) is 30.3 Å². The molecule has 0 aliphatic carbocycles. The van der Waals surface area contributed by atoms with E-state index in [1.165, 1.54) is 6.26 Å². The zero-order valence-electron chi connectivity index (χ0n) is 12.9. The first-order chi connectivity index (χ1) is 11.0. The number of carbonyl (C=O) groups is 2. The van der Waals surface area contributed by atoms with Gasteiger partial charge >= 0.3 is 6.03 Å². The summed E-state index contributed by atoms with van der Waals surface area (Å²) in [5.41, 5.74) is 0.966. The van der Waals surface area contributed by atoms with E-state index in [4.69, 9.17) is 16.0 Å². The summed E-state index contributed by atoms with van der Waals surface area (Å²) in [6.07, 6.45) is 1.42. The Kier molecular flexibility index (Phi) is 5.65. The highest BCUT2D eigenvalue weighted by atomic mass is 35.5. The summed E-state index contributed by atoms with van der Waals surface area (Å²) >= 11 is 6.13. The van der Waals surface area contributed by atoms with Crippen LogP contribution in [-0.2, 0) is 0 Å². The van der Waals surface area contributed by atoms with Crippen LogP contribution in [0.4, 0.5) is 16.2 Å². The number of furan rings is 1. The van der Waals surface area contributed by atoms with Gasteiger partial charge in [-0.3, -0.25) is 4.79 Å². The zero-order valence-corrected chi connectivity index (χ0v) is 13.6. The number of benzene rings is 1. The molecule has 122 valence electrons. The van der Waals surface area contributed by atoms with E-state index in [0.717, 1.165) is 0 Å². The third-order valence-corrected chi connectivity index (χ3v) is 3.20. The van der Waals surface area contributed by atoms with Gasteiger partial charge in [-0.05, 0) is 36.2 Å². The second-order valence-electron chi connectivity index (χ2n) is 5.35. The van der Waals surface area contributed by atoms with Gasteiger partial charge < -0.3 is 20.4 Å². The molecule has 2 rings (SSSR count). The van der Waals surface area contributed by atoms with Crippen LogP contribution >= 0.6 is 11.6 Å². The van der Waals surface area contributed by atoms with Gasteiger partial charge in [0.15, 0.2) is 5.76 Å². The summed E-state index contributed by atoms with van der Waals surface area (Å²) in [5.74, 6) is 0.159. The Balaban J connectivity index is 1.97. The Morgan fingerprint density at radius 1 is 1.22 bits per heavy atom. The summed E-state index contributed by atoms with van der Waals surface area (Å²) in [7, 11) is 0. The van der Waals surface area contributed by atoms with Crippen molar-refractivity contribution in [2.24, 2.45) is 5.92 Å². The van der Waals surface area contributed by atoms with Gasteiger partial charge in [-0.25, -0.2) is 4.79 Å². The molecule has 0 saturated carbocycles. The largest absolute Gasteiger partial charge is 0.459 e. The van der Waals surface area contributed by atoms with Crippen molar-refractivity contribution in [2.45, 2.75) is 13.8 Å². The fourth-order valence-corrected chi connectivity index (χ4v) is 1.99. The maximum atomic E-state index is 11.9. The fraction of sp³-hybridized carbons (Fsp3) is 0.250. The summed E-state index contributed by atoms with van der Waals surface area (Å²) in [6.45, 7) is 4.60. The molecule has 0 spiro atoms. The lowest BCUT2D eigenvalue weighted by Gasteiger charge is -2.11. The van der Waals surface area contributed by atoms with Gasteiger partial charge in [0, 0.05) is 12.2 Å². The van der Waals surface area contributed by atoms with Crippen LogP contribution in [0, 0.1) is 5.92 Å². The van der Waals surface area contributed by atoms with E-state index in [1.807, 2.05) is 13.8 Å².